The Morgan fingerprint density at radius 1 is 1.00 bits per heavy atom. The second kappa shape index (κ2) is 11.1. The predicted molar refractivity (Wildman–Crippen MR) is 140 cm³/mol. The highest BCUT2D eigenvalue weighted by atomic mass is 19.4. The van der Waals surface area contributed by atoms with Gasteiger partial charge in [0.1, 0.15) is 22.8 Å². The van der Waals surface area contributed by atoms with Crippen LogP contribution in [0.25, 0.3) is 33.3 Å². The molecule has 45 heavy (non-hydrogen) atoms. The first-order valence-corrected chi connectivity index (χ1v) is 12.9. The predicted octanol–water partition coefficient (Wildman–Crippen LogP) is 4.94. The van der Waals surface area contributed by atoms with Crippen LogP contribution in [-0.4, -0.2) is 86.8 Å². The van der Waals surface area contributed by atoms with Gasteiger partial charge in [0.25, 0.3) is 5.91 Å². The number of nitrogens with zero attached hydrogens (tertiary/aromatic N) is 5. The number of halogens is 8. The smallest absolute Gasteiger partial charge is 0.422 e. The first-order valence-electron chi connectivity index (χ1n) is 12.9. The number of ether oxygens (including phenoxy) is 3. The van der Waals surface area contributed by atoms with Crippen LogP contribution in [-0.2, 0) is 14.1 Å². The third-order valence-electron chi connectivity index (χ3n) is 7.04. The molecule has 18 heteroatoms. The third kappa shape index (κ3) is 6.05. The van der Waals surface area contributed by atoms with Crippen molar-refractivity contribution in [2.45, 2.75) is 24.6 Å². The number of hydrogen-bond acceptors (Lipinski definition) is 7. The van der Waals surface area contributed by atoms with E-state index < -0.39 is 67.2 Å². The molecule has 0 bridgehead atoms. The number of hydrogen-bond donors (Lipinski definition) is 1. The summed E-state index contributed by atoms with van der Waals surface area (Å²) in [6, 6.07) is 5.00. The molecule has 0 atom stereocenters. The SMILES string of the molecule is COc1cc(-c2c3c(OCC(F)(F)F)cc(-c4cnn(C)c4)cc3nn2C)cc(OC(F)F)c1C(=O)N1CC(O)(C(F)(F)F)C1. The standard InChI is InChI=1S/C27H23F8N5O5/c1-38-9-15(8-36-38)13-4-16-20(18(5-13)44-12-26(30,31)32)22(39(2)37-16)14-6-17(43-3)21(19(7-14)45-24(28)29)23(41)40-10-25(42,11-40)27(33,34)35/h4-9,24,42H,10-12H2,1-3H3. The number of β-amino-alcohol motifs (C(OH)–C–C–N with tert-alkyl or cyclic N) is 1. The summed E-state index contributed by atoms with van der Waals surface area (Å²) in [5.41, 5.74) is -2.74. The fraction of sp³-hybridized carbons (Fsp3) is 0.370. The van der Waals surface area contributed by atoms with Gasteiger partial charge in [-0.3, -0.25) is 14.2 Å². The number of likely N-dealkylation sites (tertiary alicyclic amines) is 1. The molecular formula is C27H23F8N5O5. The number of carbonyl (C=O) groups is 1. The number of methoxy groups -OCH3 is 1. The van der Waals surface area contributed by atoms with Gasteiger partial charge in [-0.1, -0.05) is 0 Å². The monoisotopic (exact) mass is 649 g/mol. The molecule has 2 aromatic heterocycles. The van der Waals surface area contributed by atoms with Crippen LogP contribution < -0.4 is 14.2 Å². The summed E-state index contributed by atoms with van der Waals surface area (Å²) in [6.07, 6.45) is -6.69. The van der Waals surface area contributed by atoms with Crippen molar-refractivity contribution in [3.8, 4) is 39.6 Å². The molecule has 0 aliphatic carbocycles. The molecule has 1 aliphatic rings. The molecule has 3 heterocycles. The number of aryl methyl sites for hydroxylation is 2. The molecule has 5 rings (SSSR count). The minimum Gasteiger partial charge on any atom is -0.496 e. The zero-order chi connectivity index (χ0) is 33.1. The van der Waals surface area contributed by atoms with Crippen molar-refractivity contribution in [3.05, 3.63) is 42.2 Å². The maximum absolute atomic E-state index is 13.5. The van der Waals surface area contributed by atoms with Gasteiger partial charge in [0.2, 0.25) is 0 Å². The van der Waals surface area contributed by atoms with Crippen LogP contribution in [0.5, 0.6) is 17.2 Å². The van der Waals surface area contributed by atoms with E-state index in [2.05, 4.69) is 14.9 Å². The Labute approximate surface area is 248 Å². The number of rotatable bonds is 8. The molecule has 1 saturated heterocycles. The molecule has 2 aromatic carbocycles. The number of aromatic nitrogens is 4. The molecule has 0 unspecified atom stereocenters. The lowest BCUT2D eigenvalue weighted by Crippen LogP contribution is -2.70. The maximum atomic E-state index is 13.5. The van der Waals surface area contributed by atoms with E-state index in [0.29, 0.717) is 16.0 Å². The number of carbonyl (C=O) groups excluding carboxylic acids is 1. The van der Waals surface area contributed by atoms with E-state index in [-0.39, 0.29) is 27.9 Å². The Hall–Kier alpha value is -4.61. The van der Waals surface area contributed by atoms with E-state index >= 15 is 0 Å². The fourth-order valence-electron chi connectivity index (χ4n) is 4.99. The van der Waals surface area contributed by atoms with Crippen molar-refractivity contribution < 1.29 is 59.2 Å². The average molecular weight is 649 g/mol. The van der Waals surface area contributed by atoms with Gasteiger partial charge in [0.05, 0.1) is 43.0 Å². The van der Waals surface area contributed by atoms with Gasteiger partial charge in [0.15, 0.2) is 12.2 Å². The molecule has 242 valence electrons. The lowest BCUT2D eigenvalue weighted by atomic mass is 9.92. The van der Waals surface area contributed by atoms with E-state index in [1.807, 2.05) is 0 Å². The van der Waals surface area contributed by atoms with Gasteiger partial charge in [-0.2, -0.15) is 45.3 Å². The van der Waals surface area contributed by atoms with Crippen molar-refractivity contribution in [1.82, 2.24) is 24.5 Å². The Morgan fingerprint density at radius 3 is 2.20 bits per heavy atom. The van der Waals surface area contributed by atoms with Crippen LogP contribution in [0.4, 0.5) is 35.1 Å². The van der Waals surface area contributed by atoms with Crippen LogP contribution in [0.3, 0.4) is 0 Å². The van der Waals surface area contributed by atoms with Crippen molar-refractivity contribution in [2.75, 3.05) is 26.8 Å². The topological polar surface area (TPSA) is 104 Å². The van der Waals surface area contributed by atoms with Gasteiger partial charge < -0.3 is 24.2 Å². The molecule has 0 radical (unpaired) electrons. The van der Waals surface area contributed by atoms with Crippen LogP contribution in [0.15, 0.2) is 36.7 Å². The molecule has 1 N–H and O–H groups in total. The number of amides is 1. The zero-order valence-electron chi connectivity index (χ0n) is 23.5. The molecular weight excluding hydrogens is 626 g/mol. The Balaban J connectivity index is 1.66. The highest BCUT2D eigenvalue weighted by Gasteiger charge is 2.62. The van der Waals surface area contributed by atoms with E-state index in [9.17, 15) is 45.0 Å². The van der Waals surface area contributed by atoms with Gasteiger partial charge in [-0.05, 0) is 29.8 Å². The minimum absolute atomic E-state index is 0.0227. The molecule has 0 saturated carbocycles. The number of benzene rings is 2. The second-order valence-corrected chi connectivity index (χ2v) is 10.3. The normalized spacial score (nSPS) is 15.0. The van der Waals surface area contributed by atoms with Gasteiger partial charge in [-0.25, -0.2) is 0 Å². The molecule has 1 fully saturated rings. The second-order valence-electron chi connectivity index (χ2n) is 10.3. The number of aliphatic hydroxyl groups is 1. The summed E-state index contributed by atoms with van der Waals surface area (Å²) in [4.78, 5) is 13.8. The van der Waals surface area contributed by atoms with E-state index in [4.69, 9.17) is 9.47 Å². The summed E-state index contributed by atoms with van der Waals surface area (Å²) in [6.45, 7) is -7.51. The zero-order valence-corrected chi connectivity index (χ0v) is 23.5. The van der Waals surface area contributed by atoms with Crippen molar-refractivity contribution in [2.24, 2.45) is 14.1 Å². The molecule has 1 amide bonds. The summed E-state index contributed by atoms with van der Waals surface area (Å²) in [5, 5.41) is 18.2. The lowest BCUT2D eigenvalue weighted by molar-refractivity contribution is -0.294. The summed E-state index contributed by atoms with van der Waals surface area (Å²) >= 11 is 0. The van der Waals surface area contributed by atoms with E-state index in [1.54, 1.807) is 19.3 Å². The molecule has 4 aromatic rings. The highest BCUT2D eigenvalue weighted by Crippen LogP contribution is 2.45. The highest BCUT2D eigenvalue weighted by molar-refractivity contribution is 6.04. The average Bonchev–Trinajstić information content (AvgIpc) is 3.49. The Bertz CT molecular complexity index is 1760. The Kier molecular flexibility index (Phi) is 7.83. The van der Waals surface area contributed by atoms with E-state index in [1.165, 1.54) is 34.7 Å². The minimum atomic E-state index is -5.05. The third-order valence-corrected chi connectivity index (χ3v) is 7.04. The summed E-state index contributed by atoms with van der Waals surface area (Å²) < 4.78 is 124. The fourth-order valence-corrected chi connectivity index (χ4v) is 4.99. The first kappa shape index (κ1) is 31.8. The largest absolute Gasteiger partial charge is 0.496 e. The number of alkyl halides is 8. The van der Waals surface area contributed by atoms with Crippen LogP contribution in [0.1, 0.15) is 10.4 Å². The van der Waals surface area contributed by atoms with Crippen LogP contribution in [0.2, 0.25) is 0 Å². The van der Waals surface area contributed by atoms with Crippen molar-refractivity contribution in [3.63, 3.8) is 0 Å². The first-order chi connectivity index (χ1) is 20.9. The summed E-state index contributed by atoms with van der Waals surface area (Å²) in [7, 11) is 4.12. The van der Waals surface area contributed by atoms with Crippen molar-refractivity contribution in [1.29, 1.82) is 0 Å². The van der Waals surface area contributed by atoms with Crippen LogP contribution >= 0.6 is 0 Å². The molecule has 0 spiro atoms. The maximum Gasteiger partial charge on any atom is 0.422 e. The van der Waals surface area contributed by atoms with Crippen LogP contribution in [0, 0.1) is 0 Å². The molecule has 1 aliphatic heterocycles. The lowest BCUT2D eigenvalue weighted by Gasteiger charge is -2.47. The molecule has 10 nitrogen and oxygen atoms in total. The van der Waals surface area contributed by atoms with E-state index in [0.717, 1.165) is 13.2 Å². The summed E-state index contributed by atoms with van der Waals surface area (Å²) in [5.74, 6) is -2.68. The Morgan fingerprint density at radius 2 is 1.64 bits per heavy atom. The van der Waals surface area contributed by atoms with Gasteiger partial charge >= 0.3 is 19.0 Å². The van der Waals surface area contributed by atoms with Crippen molar-refractivity contribution >= 4 is 16.8 Å². The number of fused-ring (bicyclic) bond motifs is 1. The quantitative estimate of drug-likeness (QED) is 0.270. The van der Waals surface area contributed by atoms with Gasteiger partial charge in [0, 0.05) is 31.4 Å². The van der Waals surface area contributed by atoms with Gasteiger partial charge in [-0.15, -0.1) is 0 Å².